The molecule has 2 aromatic carbocycles. The molecule has 0 bridgehead atoms. The Morgan fingerprint density at radius 2 is 1.89 bits per heavy atom. The van der Waals surface area contributed by atoms with E-state index in [2.05, 4.69) is 0 Å². The molecule has 2 rings (SSSR count). The van der Waals surface area contributed by atoms with E-state index in [0.717, 1.165) is 10.5 Å². The molecular formula is C15H12FNOS. The van der Waals surface area contributed by atoms with Crippen LogP contribution in [0.3, 0.4) is 0 Å². The van der Waals surface area contributed by atoms with Crippen molar-refractivity contribution in [2.75, 3.05) is 0 Å². The van der Waals surface area contributed by atoms with Gasteiger partial charge >= 0.3 is 0 Å². The van der Waals surface area contributed by atoms with Gasteiger partial charge in [-0.15, -0.1) is 11.8 Å². The van der Waals surface area contributed by atoms with E-state index in [1.165, 1.54) is 17.8 Å². The molecule has 4 heteroatoms. The van der Waals surface area contributed by atoms with Crippen LogP contribution in [0.15, 0.2) is 47.4 Å². The molecule has 0 spiro atoms. The fourth-order valence-electron chi connectivity index (χ4n) is 1.59. The normalized spacial score (nSPS) is 10.2. The average Bonchev–Trinajstić information content (AvgIpc) is 2.46. The van der Waals surface area contributed by atoms with Crippen molar-refractivity contribution in [1.82, 2.24) is 0 Å². The third-order valence-electron chi connectivity index (χ3n) is 2.68. The standard InChI is InChI=1S/C15H12FNOS/c16-15-7-12(8-17)1-4-13(15)10-19-14-5-2-11(9-18)3-6-14/h1-7,18H,9-10H2. The second-order valence-electron chi connectivity index (χ2n) is 4.01. The molecule has 0 heterocycles. The quantitative estimate of drug-likeness (QED) is 0.867. The van der Waals surface area contributed by atoms with Gasteiger partial charge in [0.15, 0.2) is 0 Å². The van der Waals surface area contributed by atoms with Crippen molar-refractivity contribution in [3.63, 3.8) is 0 Å². The smallest absolute Gasteiger partial charge is 0.128 e. The Bertz CT molecular complexity index is 605. The second-order valence-corrected chi connectivity index (χ2v) is 5.06. The Morgan fingerprint density at radius 1 is 1.16 bits per heavy atom. The van der Waals surface area contributed by atoms with Gasteiger partial charge in [-0.05, 0) is 35.4 Å². The summed E-state index contributed by atoms with van der Waals surface area (Å²) in [7, 11) is 0. The van der Waals surface area contributed by atoms with Crippen molar-refractivity contribution in [2.45, 2.75) is 17.3 Å². The van der Waals surface area contributed by atoms with E-state index in [9.17, 15) is 4.39 Å². The van der Waals surface area contributed by atoms with Crippen LogP contribution in [0.2, 0.25) is 0 Å². The Hall–Kier alpha value is -1.83. The number of rotatable bonds is 4. The molecule has 96 valence electrons. The van der Waals surface area contributed by atoms with Crippen molar-refractivity contribution >= 4 is 11.8 Å². The molecule has 0 aliphatic heterocycles. The predicted molar refractivity (Wildman–Crippen MR) is 73.0 cm³/mol. The summed E-state index contributed by atoms with van der Waals surface area (Å²) in [5, 5.41) is 17.6. The Balaban J connectivity index is 2.04. The summed E-state index contributed by atoms with van der Waals surface area (Å²) < 4.78 is 13.7. The van der Waals surface area contributed by atoms with E-state index in [1.54, 1.807) is 12.1 Å². The van der Waals surface area contributed by atoms with Gasteiger partial charge in [-0.25, -0.2) is 4.39 Å². The third kappa shape index (κ3) is 3.57. The van der Waals surface area contributed by atoms with Crippen molar-refractivity contribution in [3.8, 4) is 6.07 Å². The minimum atomic E-state index is -0.349. The SMILES string of the molecule is N#Cc1ccc(CSc2ccc(CO)cc2)c(F)c1. The van der Waals surface area contributed by atoms with Gasteiger partial charge in [0.1, 0.15) is 5.82 Å². The zero-order chi connectivity index (χ0) is 13.7. The molecule has 0 radical (unpaired) electrons. The summed E-state index contributed by atoms with van der Waals surface area (Å²) in [6.07, 6.45) is 0. The zero-order valence-corrected chi connectivity index (χ0v) is 11.0. The van der Waals surface area contributed by atoms with Crippen molar-refractivity contribution in [3.05, 3.63) is 65.0 Å². The van der Waals surface area contributed by atoms with Crippen LogP contribution in [0.5, 0.6) is 0 Å². The van der Waals surface area contributed by atoms with Gasteiger partial charge in [0.25, 0.3) is 0 Å². The number of benzene rings is 2. The van der Waals surface area contributed by atoms with Crippen LogP contribution in [0.1, 0.15) is 16.7 Å². The van der Waals surface area contributed by atoms with Crippen LogP contribution in [-0.2, 0) is 12.4 Å². The zero-order valence-electron chi connectivity index (χ0n) is 10.1. The summed E-state index contributed by atoms with van der Waals surface area (Å²) in [5.41, 5.74) is 1.77. The topological polar surface area (TPSA) is 44.0 Å². The van der Waals surface area contributed by atoms with E-state index in [4.69, 9.17) is 10.4 Å². The first-order valence-corrected chi connectivity index (χ1v) is 6.72. The number of halogens is 1. The summed E-state index contributed by atoms with van der Waals surface area (Å²) >= 11 is 1.52. The van der Waals surface area contributed by atoms with Gasteiger partial charge in [-0.3, -0.25) is 0 Å². The maximum Gasteiger partial charge on any atom is 0.128 e. The molecule has 0 unspecified atom stereocenters. The molecule has 0 aromatic heterocycles. The molecule has 0 atom stereocenters. The molecule has 2 aromatic rings. The second kappa shape index (κ2) is 6.37. The number of nitriles is 1. The maximum absolute atomic E-state index is 13.7. The number of thioether (sulfide) groups is 1. The van der Waals surface area contributed by atoms with Gasteiger partial charge in [0, 0.05) is 10.6 Å². The largest absolute Gasteiger partial charge is 0.392 e. The van der Waals surface area contributed by atoms with E-state index in [-0.39, 0.29) is 12.4 Å². The van der Waals surface area contributed by atoms with Gasteiger partial charge in [0.2, 0.25) is 0 Å². The first-order valence-electron chi connectivity index (χ1n) is 5.74. The Labute approximate surface area is 115 Å². The Kier molecular flexibility index (Phi) is 4.56. The van der Waals surface area contributed by atoms with Crippen molar-refractivity contribution in [2.24, 2.45) is 0 Å². The first kappa shape index (κ1) is 13.6. The van der Waals surface area contributed by atoms with Gasteiger partial charge < -0.3 is 5.11 Å². The lowest BCUT2D eigenvalue weighted by Gasteiger charge is -2.04. The van der Waals surface area contributed by atoms with Crippen molar-refractivity contribution in [1.29, 1.82) is 5.26 Å². The van der Waals surface area contributed by atoms with Crippen LogP contribution in [0.4, 0.5) is 4.39 Å². The molecule has 0 amide bonds. The summed E-state index contributed by atoms with van der Waals surface area (Å²) in [4.78, 5) is 1.01. The lowest BCUT2D eigenvalue weighted by Crippen LogP contribution is -1.89. The minimum absolute atomic E-state index is 0.0230. The molecule has 1 N–H and O–H groups in total. The molecule has 19 heavy (non-hydrogen) atoms. The number of hydrogen-bond acceptors (Lipinski definition) is 3. The van der Waals surface area contributed by atoms with Gasteiger partial charge in [-0.1, -0.05) is 18.2 Å². The molecule has 2 nitrogen and oxygen atoms in total. The summed E-state index contributed by atoms with van der Waals surface area (Å²) in [6.45, 7) is 0.0230. The van der Waals surface area contributed by atoms with Gasteiger partial charge in [0.05, 0.1) is 18.2 Å². The maximum atomic E-state index is 13.7. The highest BCUT2D eigenvalue weighted by Crippen LogP contribution is 2.24. The number of aliphatic hydroxyl groups excluding tert-OH is 1. The summed E-state index contributed by atoms with van der Waals surface area (Å²) in [5.74, 6) is 0.161. The highest BCUT2D eigenvalue weighted by Gasteiger charge is 2.04. The fourth-order valence-corrected chi connectivity index (χ4v) is 2.47. The number of hydrogen-bond donors (Lipinski definition) is 1. The lowest BCUT2D eigenvalue weighted by molar-refractivity contribution is 0.282. The first-order chi connectivity index (χ1) is 9.22. The van der Waals surface area contributed by atoms with Crippen LogP contribution in [-0.4, -0.2) is 5.11 Å². The monoisotopic (exact) mass is 273 g/mol. The molecule has 0 fully saturated rings. The minimum Gasteiger partial charge on any atom is -0.392 e. The highest BCUT2D eigenvalue weighted by atomic mass is 32.2. The van der Waals surface area contributed by atoms with E-state index in [0.29, 0.717) is 16.9 Å². The number of aliphatic hydroxyl groups is 1. The summed E-state index contributed by atoms with van der Waals surface area (Å²) in [6, 6.07) is 13.9. The van der Waals surface area contributed by atoms with Crippen LogP contribution in [0, 0.1) is 17.1 Å². The molecule has 0 aliphatic rings. The van der Waals surface area contributed by atoms with Crippen LogP contribution >= 0.6 is 11.8 Å². The molecule has 0 saturated carbocycles. The van der Waals surface area contributed by atoms with Crippen LogP contribution in [0.25, 0.3) is 0 Å². The number of nitrogens with zero attached hydrogens (tertiary/aromatic N) is 1. The van der Waals surface area contributed by atoms with Crippen LogP contribution < -0.4 is 0 Å². The fraction of sp³-hybridized carbons (Fsp3) is 0.133. The van der Waals surface area contributed by atoms with Crippen molar-refractivity contribution < 1.29 is 9.50 Å². The van der Waals surface area contributed by atoms with E-state index in [1.807, 2.05) is 30.3 Å². The molecule has 0 saturated heterocycles. The predicted octanol–water partition coefficient (Wildman–Crippen LogP) is 3.48. The molecule has 0 aliphatic carbocycles. The Morgan fingerprint density at radius 3 is 2.47 bits per heavy atom. The van der Waals surface area contributed by atoms with E-state index < -0.39 is 0 Å². The average molecular weight is 273 g/mol. The lowest BCUT2D eigenvalue weighted by atomic mass is 10.1. The molecular weight excluding hydrogens is 261 g/mol. The highest BCUT2D eigenvalue weighted by molar-refractivity contribution is 7.98. The van der Waals surface area contributed by atoms with E-state index >= 15 is 0 Å². The third-order valence-corrected chi connectivity index (χ3v) is 3.74. The van der Waals surface area contributed by atoms with Gasteiger partial charge in [-0.2, -0.15) is 5.26 Å².